The normalized spacial score (nSPS) is 23.8. The summed E-state index contributed by atoms with van der Waals surface area (Å²) in [4.78, 5) is 12.7. The molecule has 1 aliphatic rings. The molecule has 3 N–H and O–H groups in total. The van der Waals surface area contributed by atoms with Gasteiger partial charge >= 0.3 is 0 Å². The van der Waals surface area contributed by atoms with Gasteiger partial charge in [0.05, 0.1) is 5.41 Å². The Balaban J connectivity index is 2.12. The average Bonchev–Trinajstić information content (AvgIpc) is 2.43. The Morgan fingerprint density at radius 2 is 1.71 bits per heavy atom. The quantitative estimate of drug-likeness (QED) is 0.841. The van der Waals surface area contributed by atoms with E-state index in [9.17, 15) is 4.79 Å². The van der Waals surface area contributed by atoms with Gasteiger partial charge in [-0.15, -0.1) is 0 Å². The number of anilines is 1. The highest BCUT2D eigenvalue weighted by Gasteiger charge is 2.34. The van der Waals surface area contributed by atoms with Crippen LogP contribution in [0.3, 0.4) is 0 Å². The zero-order chi connectivity index (χ0) is 15.6. The minimum Gasteiger partial charge on any atom is -0.399 e. The van der Waals surface area contributed by atoms with E-state index in [2.05, 4.69) is 24.3 Å². The zero-order valence-corrected chi connectivity index (χ0v) is 13.5. The van der Waals surface area contributed by atoms with Crippen LogP contribution in [0.25, 0.3) is 0 Å². The zero-order valence-electron chi connectivity index (χ0n) is 13.5. The van der Waals surface area contributed by atoms with Crippen molar-refractivity contribution in [1.29, 1.82) is 0 Å². The van der Waals surface area contributed by atoms with Crippen molar-refractivity contribution in [1.82, 2.24) is 10.4 Å². The summed E-state index contributed by atoms with van der Waals surface area (Å²) < 4.78 is 0. The van der Waals surface area contributed by atoms with Gasteiger partial charge in [-0.2, -0.15) is 0 Å². The number of hydrogen-bond donors (Lipinski definition) is 2. The minimum atomic E-state index is -0.579. The van der Waals surface area contributed by atoms with E-state index in [1.165, 1.54) is 6.42 Å². The van der Waals surface area contributed by atoms with Crippen LogP contribution in [0, 0.1) is 0 Å². The van der Waals surface area contributed by atoms with Gasteiger partial charge in [0.1, 0.15) is 0 Å². The van der Waals surface area contributed by atoms with Gasteiger partial charge < -0.3 is 5.73 Å². The highest BCUT2D eigenvalue weighted by atomic mass is 16.2. The summed E-state index contributed by atoms with van der Waals surface area (Å²) >= 11 is 0. The van der Waals surface area contributed by atoms with E-state index in [0.29, 0.717) is 17.8 Å². The molecule has 1 aromatic rings. The second-order valence-corrected chi connectivity index (χ2v) is 6.72. The molecule has 21 heavy (non-hydrogen) atoms. The molecule has 0 bridgehead atoms. The van der Waals surface area contributed by atoms with E-state index in [4.69, 9.17) is 5.73 Å². The second kappa shape index (κ2) is 6.06. The minimum absolute atomic E-state index is 0.0351. The third-order valence-electron chi connectivity index (χ3n) is 4.62. The fourth-order valence-electron chi connectivity index (χ4n) is 2.93. The summed E-state index contributed by atoms with van der Waals surface area (Å²) in [5, 5.41) is 2.12. The van der Waals surface area contributed by atoms with Crippen molar-refractivity contribution in [3.05, 3.63) is 29.8 Å². The van der Waals surface area contributed by atoms with E-state index < -0.39 is 5.41 Å². The van der Waals surface area contributed by atoms with Crippen molar-refractivity contribution < 1.29 is 4.79 Å². The maximum atomic E-state index is 12.7. The third-order valence-corrected chi connectivity index (χ3v) is 4.62. The van der Waals surface area contributed by atoms with Crippen molar-refractivity contribution in [3.63, 3.8) is 0 Å². The first-order valence-electron chi connectivity index (χ1n) is 7.78. The van der Waals surface area contributed by atoms with Gasteiger partial charge in [0.2, 0.25) is 5.91 Å². The van der Waals surface area contributed by atoms with Crippen LogP contribution in [0.4, 0.5) is 5.69 Å². The number of piperidine rings is 1. The Morgan fingerprint density at radius 1 is 1.19 bits per heavy atom. The van der Waals surface area contributed by atoms with Gasteiger partial charge in [0, 0.05) is 17.8 Å². The summed E-state index contributed by atoms with van der Waals surface area (Å²) in [6, 6.07) is 8.32. The number of benzene rings is 1. The molecule has 1 amide bonds. The van der Waals surface area contributed by atoms with E-state index in [-0.39, 0.29) is 5.91 Å². The molecule has 1 saturated heterocycles. The molecular formula is C17H27N3O. The number of nitrogens with zero attached hydrogens (tertiary/aromatic N) is 1. The van der Waals surface area contributed by atoms with Gasteiger partial charge in [-0.25, -0.2) is 5.01 Å². The number of nitrogens with one attached hydrogen (secondary N) is 1. The molecule has 1 fully saturated rings. The molecule has 4 heteroatoms. The molecule has 0 saturated carbocycles. The molecule has 2 atom stereocenters. The van der Waals surface area contributed by atoms with Crippen molar-refractivity contribution >= 4 is 11.6 Å². The largest absolute Gasteiger partial charge is 0.399 e. The number of rotatable bonds is 3. The molecule has 0 radical (unpaired) electrons. The lowest BCUT2D eigenvalue weighted by Gasteiger charge is -2.40. The van der Waals surface area contributed by atoms with Gasteiger partial charge in [-0.1, -0.05) is 18.6 Å². The van der Waals surface area contributed by atoms with Crippen LogP contribution >= 0.6 is 0 Å². The van der Waals surface area contributed by atoms with Gasteiger partial charge in [-0.05, 0) is 58.2 Å². The van der Waals surface area contributed by atoms with E-state index >= 15 is 0 Å². The molecule has 0 spiro atoms. The van der Waals surface area contributed by atoms with Crippen LogP contribution < -0.4 is 11.2 Å². The Morgan fingerprint density at radius 3 is 2.24 bits per heavy atom. The molecule has 1 aliphatic heterocycles. The predicted molar refractivity (Wildman–Crippen MR) is 86.6 cm³/mol. The lowest BCUT2D eigenvalue weighted by molar-refractivity contribution is -0.134. The monoisotopic (exact) mass is 289 g/mol. The van der Waals surface area contributed by atoms with Crippen molar-refractivity contribution in [2.75, 3.05) is 5.73 Å². The fraction of sp³-hybridized carbons (Fsp3) is 0.588. The Hall–Kier alpha value is -1.55. The van der Waals surface area contributed by atoms with Crippen molar-refractivity contribution in [3.8, 4) is 0 Å². The molecule has 4 nitrogen and oxygen atoms in total. The van der Waals surface area contributed by atoms with Crippen LogP contribution in [-0.4, -0.2) is 23.0 Å². The maximum absolute atomic E-state index is 12.7. The van der Waals surface area contributed by atoms with Crippen LogP contribution in [0.2, 0.25) is 0 Å². The first-order chi connectivity index (χ1) is 9.82. The second-order valence-electron chi connectivity index (χ2n) is 6.72. The smallest absolute Gasteiger partial charge is 0.244 e. The fourth-order valence-corrected chi connectivity index (χ4v) is 2.93. The average molecular weight is 289 g/mol. The third kappa shape index (κ3) is 3.38. The van der Waals surface area contributed by atoms with E-state index in [0.717, 1.165) is 18.4 Å². The Labute approximate surface area is 127 Å². The maximum Gasteiger partial charge on any atom is 0.244 e. The molecular weight excluding hydrogens is 262 g/mol. The summed E-state index contributed by atoms with van der Waals surface area (Å²) in [5.74, 6) is 0.0351. The Bertz CT molecular complexity index is 485. The molecule has 2 rings (SSSR count). The van der Waals surface area contributed by atoms with Crippen LogP contribution in [-0.2, 0) is 10.2 Å². The molecule has 0 aliphatic carbocycles. The standard InChI is InChI=1S/C17H27N3O/c1-12-6-5-7-13(2)20(12)19-16(21)17(3,4)14-8-10-15(18)11-9-14/h8-13H,5-7,18H2,1-4H3,(H,19,21). The van der Waals surface area contributed by atoms with Crippen LogP contribution in [0.15, 0.2) is 24.3 Å². The number of carbonyl (C=O) groups excluding carboxylic acids is 1. The number of hydrazine groups is 1. The molecule has 1 heterocycles. The van der Waals surface area contributed by atoms with Crippen molar-refractivity contribution in [2.24, 2.45) is 0 Å². The van der Waals surface area contributed by atoms with Gasteiger partial charge in [0.25, 0.3) is 0 Å². The SMILES string of the molecule is CC1CCCC(C)N1NC(=O)C(C)(C)c1ccc(N)cc1. The molecule has 116 valence electrons. The Kier molecular flexibility index (Phi) is 4.57. The molecule has 0 aromatic heterocycles. The predicted octanol–water partition coefficient (Wildman–Crippen LogP) is 2.84. The lowest BCUT2D eigenvalue weighted by atomic mass is 9.83. The summed E-state index contributed by atoms with van der Waals surface area (Å²) in [6.45, 7) is 8.25. The number of carbonyl (C=O) groups is 1. The van der Waals surface area contributed by atoms with Crippen LogP contribution in [0.5, 0.6) is 0 Å². The lowest BCUT2D eigenvalue weighted by Crippen LogP contribution is -2.57. The number of amides is 1. The topological polar surface area (TPSA) is 58.4 Å². The van der Waals surface area contributed by atoms with E-state index in [1.54, 1.807) is 0 Å². The first kappa shape index (κ1) is 15.8. The van der Waals surface area contributed by atoms with Gasteiger partial charge in [0.15, 0.2) is 0 Å². The van der Waals surface area contributed by atoms with E-state index in [1.807, 2.05) is 38.1 Å². The number of nitrogens with two attached hydrogens (primary N) is 1. The highest BCUT2D eigenvalue weighted by molar-refractivity contribution is 5.87. The summed E-state index contributed by atoms with van der Waals surface area (Å²) in [6.07, 6.45) is 3.50. The van der Waals surface area contributed by atoms with Crippen LogP contribution in [0.1, 0.15) is 52.5 Å². The van der Waals surface area contributed by atoms with Crippen molar-refractivity contribution in [2.45, 2.75) is 64.5 Å². The molecule has 2 unspecified atom stereocenters. The number of hydrogen-bond acceptors (Lipinski definition) is 3. The molecule has 1 aromatic carbocycles. The highest BCUT2D eigenvalue weighted by Crippen LogP contribution is 2.26. The first-order valence-corrected chi connectivity index (χ1v) is 7.78. The van der Waals surface area contributed by atoms with Gasteiger partial charge in [-0.3, -0.25) is 10.2 Å². The summed E-state index contributed by atoms with van der Waals surface area (Å²) in [5.41, 5.74) is 9.97. The summed E-state index contributed by atoms with van der Waals surface area (Å²) in [7, 11) is 0. The number of nitrogen functional groups attached to an aromatic ring is 1.